The average Bonchev–Trinajstić information content (AvgIpc) is 2.73. The first-order chi connectivity index (χ1) is 13.2. The van der Waals surface area contributed by atoms with Gasteiger partial charge in [0.1, 0.15) is 0 Å². The lowest BCUT2D eigenvalue weighted by Crippen LogP contribution is -2.50. The molecule has 1 aromatic heterocycles. The number of nitrogens with zero attached hydrogens (tertiary/aromatic N) is 1. The van der Waals surface area contributed by atoms with E-state index in [-0.39, 0.29) is 18.6 Å². The Hall–Kier alpha value is -2.24. The number of ether oxygens (including phenoxy) is 1. The first-order valence-corrected chi connectivity index (χ1v) is 9.66. The van der Waals surface area contributed by atoms with Crippen LogP contribution < -0.4 is 5.32 Å². The van der Waals surface area contributed by atoms with Crippen molar-refractivity contribution >= 4 is 5.91 Å². The highest BCUT2D eigenvalue weighted by Crippen LogP contribution is 2.36. The van der Waals surface area contributed by atoms with Gasteiger partial charge in [-0.1, -0.05) is 31.2 Å². The average molecular weight is 368 g/mol. The second-order valence-electron chi connectivity index (χ2n) is 7.27. The Kier molecular flexibility index (Phi) is 6.58. The number of pyridine rings is 1. The number of carbonyl (C=O) groups excluding carboxylic acids is 1. The zero-order valence-electron chi connectivity index (χ0n) is 15.9. The van der Waals surface area contributed by atoms with Gasteiger partial charge in [0.2, 0.25) is 5.91 Å². The van der Waals surface area contributed by atoms with Crippen LogP contribution in [-0.4, -0.2) is 41.9 Å². The number of hydrogen-bond donors (Lipinski definition) is 2. The van der Waals surface area contributed by atoms with Crippen molar-refractivity contribution in [2.45, 2.75) is 38.6 Å². The highest BCUT2D eigenvalue weighted by atomic mass is 16.5. The van der Waals surface area contributed by atoms with E-state index in [1.807, 2.05) is 25.1 Å². The van der Waals surface area contributed by atoms with E-state index in [9.17, 15) is 9.90 Å². The summed E-state index contributed by atoms with van der Waals surface area (Å²) in [7, 11) is 0. The van der Waals surface area contributed by atoms with E-state index in [0.29, 0.717) is 38.9 Å². The van der Waals surface area contributed by atoms with Gasteiger partial charge < -0.3 is 15.2 Å². The molecule has 3 rings (SSSR count). The van der Waals surface area contributed by atoms with E-state index in [1.54, 1.807) is 12.4 Å². The van der Waals surface area contributed by atoms with Crippen LogP contribution in [0.25, 0.3) is 11.1 Å². The van der Waals surface area contributed by atoms with Crippen LogP contribution in [-0.2, 0) is 16.0 Å². The van der Waals surface area contributed by atoms with Crippen LogP contribution >= 0.6 is 0 Å². The van der Waals surface area contributed by atoms with Gasteiger partial charge in [-0.3, -0.25) is 9.78 Å². The van der Waals surface area contributed by atoms with Crippen LogP contribution in [0.2, 0.25) is 0 Å². The summed E-state index contributed by atoms with van der Waals surface area (Å²) in [6, 6.07) is 12.1. The van der Waals surface area contributed by atoms with Gasteiger partial charge in [0.15, 0.2) is 0 Å². The highest BCUT2D eigenvalue weighted by Gasteiger charge is 2.40. The molecule has 0 bridgehead atoms. The first-order valence-electron chi connectivity index (χ1n) is 9.66. The van der Waals surface area contributed by atoms with Crippen molar-refractivity contribution in [1.29, 1.82) is 0 Å². The SMILES string of the molecule is CCC(CO)NC(=O)C1(Cc2cccc(-c3ccncc3)c2)CCOCC1. The summed E-state index contributed by atoms with van der Waals surface area (Å²) in [4.78, 5) is 17.2. The molecule has 1 aliphatic rings. The summed E-state index contributed by atoms with van der Waals surface area (Å²) >= 11 is 0. The van der Waals surface area contributed by atoms with Crippen molar-refractivity contribution < 1.29 is 14.6 Å². The molecule has 144 valence electrons. The van der Waals surface area contributed by atoms with Gasteiger partial charge in [0.05, 0.1) is 18.1 Å². The maximum absolute atomic E-state index is 13.1. The van der Waals surface area contributed by atoms with E-state index in [1.165, 1.54) is 0 Å². The summed E-state index contributed by atoms with van der Waals surface area (Å²) in [6.45, 7) is 3.11. The molecule has 2 N–H and O–H groups in total. The Morgan fingerprint density at radius 2 is 1.96 bits per heavy atom. The minimum absolute atomic E-state index is 0.0287. The molecule has 2 aromatic rings. The molecular weight excluding hydrogens is 340 g/mol. The fraction of sp³-hybridized carbons (Fsp3) is 0.455. The normalized spacial score (nSPS) is 17.3. The summed E-state index contributed by atoms with van der Waals surface area (Å²) in [5.41, 5.74) is 2.89. The molecule has 1 unspecified atom stereocenters. The van der Waals surface area contributed by atoms with Crippen molar-refractivity contribution in [2.75, 3.05) is 19.8 Å². The number of carbonyl (C=O) groups is 1. The number of aliphatic hydroxyl groups is 1. The Morgan fingerprint density at radius 1 is 1.22 bits per heavy atom. The van der Waals surface area contributed by atoms with Gasteiger partial charge in [-0.15, -0.1) is 0 Å². The Balaban J connectivity index is 1.83. The summed E-state index contributed by atoms with van der Waals surface area (Å²) in [6.07, 6.45) is 6.35. The lowest BCUT2D eigenvalue weighted by atomic mass is 9.74. The maximum atomic E-state index is 13.1. The van der Waals surface area contributed by atoms with Crippen molar-refractivity contribution in [3.63, 3.8) is 0 Å². The van der Waals surface area contributed by atoms with Gasteiger partial charge in [-0.2, -0.15) is 0 Å². The minimum atomic E-state index is -0.488. The monoisotopic (exact) mass is 368 g/mol. The van der Waals surface area contributed by atoms with Crippen LogP contribution in [0.5, 0.6) is 0 Å². The number of benzene rings is 1. The summed E-state index contributed by atoms with van der Waals surface area (Å²) in [5.74, 6) is 0.0287. The van der Waals surface area contributed by atoms with Crippen molar-refractivity contribution in [2.24, 2.45) is 5.41 Å². The molecule has 0 radical (unpaired) electrons. The fourth-order valence-electron chi connectivity index (χ4n) is 3.66. The Labute approximate surface area is 160 Å². The topological polar surface area (TPSA) is 71.5 Å². The van der Waals surface area contributed by atoms with Crippen LogP contribution in [0, 0.1) is 5.41 Å². The highest BCUT2D eigenvalue weighted by molar-refractivity contribution is 5.83. The van der Waals surface area contributed by atoms with E-state index >= 15 is 0 Å². The van der Waals surface area contributed by atoms with E-state index < -0.39 is 5.41 Å². The molecule has 1 aliphatic heterocycles. The molecule has 0 aliphatic carbocycles. The number of amides is 1. The van der Waals surface area contributed by atoms with Gasteiger partial charge in [-0.05, 0) is 54.5 Å². The molecule has 1 amide bonds. The van der Waals surface area contributed by atoms with Crippen LogP contribution in [0.3, 0.4) is 0 Å². The number of rotatable bonds is 7. The molecule has 1 fully saturated rings. The third kappa shape index (κ3) is 4.73. The molecule has 0 spiro atoms. The molecule has 1 saturated heterocycles. The molecule has 5 heteroatoms. The predicted molar refractivity (Wildman–Crippen MR) is 105 cm³/mol. The van der Waals surface area contributed by atoms with Gasteiger partial charge in [0, 0.05) is 25.6 Å². The van der Waals surface area contributed by atoms with E-state index in [4.69, 9.17) is 4.74 Å². The largest absolute Gasteiger partial charge is 0.394 e. The maximum Gasteiger partial charge on any atom is 0.227 e. The molecule has 0 saturated carbocycles. The van der Waals surface area contributed by atoms with E-state index in [2.05, 4.69) is 28.5 Å². The van der Waals surface area contributed by atoms with Crippen molar-refractivity contribution in [3.05, 3.63) is 54.4 Å². The standard InChI is InChI=1S/C22H28N2O3/c1-2-20(16-25)24-21(26)22(8-12-27-13-9-22)15-17-4-3-5-19(14-17)18-6-10-23-11-7-18/h3-7,10-11,14,20,25H,2,8-9,12-13,15-16H2,1H3,(H,24,26). The number of aliphatic hydroxyl groups excluding tert-OH is 1. The first kappa shape index (κ1) is 19.5. The second kappa shape index (κ2) is 9.11. The summed E-state index contributed by atoms with van der Waals surface area (Å²) in [5, 5.41) is 12.5. The van der Waals surface area contributed by atoms with Crippen LogP contribution in [0.1, 0.15) is 31.7 Å². The zero-order chi connectivity index (χ0) is 19.1. The third-order valence-corrected chi connectivity index (χ3v) is 5.46. The molecule has 27 heavy (non-hydrogen) atoms. The van der Waals surface area contributed by atoms with Crippen molar-refractivity contribution in [3.8, 4) is 11.1 Å². The molecule has 1 atom stereocenters. The van der Waals surface area contributed by atoms with Gasteiger partial charge >= 0.3 is 0 Å². The fourth-order valence-corrected chi connectivity index (χ4v) is 3.66. The van der Waals surface area contributed by atoms with Gasteiger partial charge in [0.25, 0.3) is 0 Å². The molecule has 5 nitrogen and oxygen atoms in total. The van der Waals surface area contributed by atoms with Crippen molar-refractivity contribution in [1.82, 2.24) is 10.3 Å². The number of aromatic nitrogens is 1. The summed E-state index contributed by atoms with van der Waals surface area (Å²) < 4.78 is 5.53. The van der Waals surface area contributed by atoms with E-state index in [0.717, 1.165) is 16.7 Å². The molecular formula is C22H28N2O3. The zero-order valence-corrected chi connectivity index (χ0v) is 15.9. The lowest BCUT2D eigenvalue weighted by molar-refractivity contribution is -0.137. The van der Waals surface area contributed by atoms with Crippen LogP contribution in [0.4, 0.5) is 0 Å². The van der Waals surface area contributed by atoms with Crippen LogP contribution in [0.15, 0.2) is 48.8 Å². The number of nitrogens with one attached hydrogen (secondary N) is 1. The molecule has 2 heterocycles. The third-order valence-electron chi connectivity index (χ3n) is 5.46. The van der Waals surface area contributed by atoms with Gasteiger partial charge in [-0.25, -0.2) is 0 Å². The second-order valence-corrected chi connectivity index (χ2v) is 7.27. The Bertz CT molecular complexity index is 738. The lowest BCUT2D eigenvalue weighted by Gasteiger charge is -2.37. The number of hydrogen-bond acceptors (Lipinski definition) is 4. The predicted octanol–water partition coefficient (Wildman–Crippen LogP) is 2.98. The molecule has 1 aromatic carbocycles. The minimum Gasteiger partial charge on any atom is -0.394 e. The smallest absolute Gasteiger partial charge is 0.227 e. The Morgan fingerprint density at radius 3 is 2.63 bits per heavy atom. The quantitative estimate of drug-likeness (QED) is 0.788.